The van der Waals surface area contributed by atoms with Crippen LogP contribution in [0, 0.1) is 5.82 Å². The van der Waals surface area contributed by atoms with Crippen LogP contribution in [0.1, 0.15) is 23.7 Å². The molecule has 1 heterocycles. The highest BCUT2D eigenvalue weighted by Gasteiger charge is 2.28. The number of β-amino-alcohol motifs (C(OH)–C–C–N with tert-alkyl or cyclic N) is 1. The normalized spacial score (nSPS) is 19.1. The molecule has 1 N–H and O–H groups in total. The van der Waals surface area contributed by atoms with Crippen molar-refractivity contribution in [3.8, 4) is 5.75 Å². The standard InChI is InChI=1S/C13H16FNO3/c1-2-18-12-10(4-3-5-11(12)14)13(17)15-7-6-9(16)8-15/h3-5,9,16H,2,6-8H2,1H3/t9-/m1/s1. The van der Waals surface area contributed by atoms with Crippen molar-refractivity contribution in [2.45, 2.75) is 19.4 Å². The van der Waals surface area contributed by atoms with E-state index in [1.165, 1.54) is 17.0 Å². The molecule has 1 aromatic carbocycles. The Balaban J connectivity index is 2.27. The summed E-state index contributed by atoms with van der Waals surface area (Å²) in [4.78, 5) is 13.7. The summed E-state index contributed by atoms with van der Waals surface area (Å²) in [6.07, 6.45) is 0.0726. The van der Waals surface area contributed by atoms with Gasteiger partial charge in [0.1, 0.15) is 0 Å². The maximum atomic E-state index is 13.6. The molecule has 2 rings (SSSR count). The number of nitrogens with zero attached hydrogens (tertiary/aromatic N) is 1. The van der Waals surface area contributed by atoms with Crippen molar-refractivity contribution >= 4 is 5.91 Å². The molecule has 1 aliphatic rings. The molecule has 0 spiro atoms. The van der Waals surface area contributed by atoms with Gasteiger partial charge in [-0.1, -0.05) is 6.07 Å². The summed E-state index contributed by atoms with van der Waals surface area (Å²) in [5.41, 5.74) is 0.214. The Morgan fingerprint density at radius 2 is 2.39 bits per heavy atom. The average Bonchev–Trinajstić information content (AvgIpc) is 2.78. The number of carbonyl (C=O) groups is 1. The maximum absolute atomic E-state index is 13.6. The van der Waals surface area contributed by atoms with Crippen molar-refractivity contribution in [1.29, 1.82) is 0 Å². The second kappa shape index (κ2) is 5.35. The zero-order chi connectivity index (χ0) is 13.1. The number of hydrogen-bond donors (Lipinski definition) is 1. The highest BCUT2D eigenvalue weighted by Crippen LogP contribution is 2.25. The van der Waals surface area contributed by atoms with Gasteiger partial charge >= 0.3 is 0 Å². The van der Waals surface area contributed by atoms with E-state index < -0.39 is 11.9 Å². The number of carbonyl (C=O) groups excluding carboxylic acids is 1. The number of aliphatic hydroxyl groups is 1. The van der Waals surface area contributed by atoms with Crippen LogP contribution in [0.4, 0.5) is 4.39 Å². The Bertz CT molecular complexity index is 450. The molecule has 1 aliphatic heterocycles. The predicted molar refractivity (Wildman–Crippen MR) is 64.1 cm³/mol. The molecule has 0 aromatic heterocycles. The summed E-state index contributed by atoms with van der Waals surface area (Å²) in [5, 5.41) is 9.42. The highest BCUT2D eigenvalue weighted by atomic mass is 19.1. The fourth-order valence-electron chi connectivity index (χ4n) is 2.06. The topological polar surface area (TPSA) is 49.8 Å². The fourth-order valence-corrected chi connectivity index (χ4v) is 2.06. The van der Waals surface area contributed by atoms with E-state index in [9.17, 15) is 14.3 Å². The zero-order valence-corrected chi connectivity index (χ0v) is 10.2. The van der Waals surface area contributed by atoms with Gasteiger partial charge < -0.3 is 14.7 Å². The molecule has 0 radical (unpaired) electrons. The predicted octanol–water partition coefficient (Wildman–Crippen LogP) is 1.43. The van der Waals surface area contributed by atoms with Gasteiger partial charge in [-0.05, 0) is 25.5 Å². The number of rotatable bonds is 3. The lowest BCUT2D eigenvalue weighted by atomic mass is 10.1. The van der Waals surface area contributed by atoms with Crippen molar-refractivity contribution in [2.75, 3.05) is 19.7 Å². The van der Waals surface area contributed by atoms with E-state index in [1.807, 2.05) is 0 Å². The van der Waals surface area contributed by atoms with Crippen LogP contribution in [0.15, 0.2) is 18.2 Å². The SMILES string of the molecule is CCOc1c(F)cccc1C(=O)N1CC[C@@H](O)C1. The molecule has 1 aromatic rings. The van der Waals surface area contributed by atoms with Crippen molar-refractivity contribution in [3.63, 3.8) is 0 Å². The lowest BCUT2D eigenvalue weighted by molar-refractivity contribution is 0.0760. The number of halogens is 1. The molecular weight excluding hydrogens is 237 g/mol. The molecule has 1 fully saturated rings. The summed E-state index contributed by atoms with van der Waals surface area (Å²) < 4.78 is 18.8. The Kier molecular flexibility index (Phi) is 3.81. The molecule has 0 saturated carbocycles. The van der Waals surface area contributed by atoms with Crippen LogP contribution in [-0.2, 0) is 0 Å². The monoisotopic (exact) mass is 253 g/mol. The van der Waals surface area contributed by atoms with E-state index in [4.69, 9.17) is 4.74 Å². The average molecular weight is 253 g/mol. The molecule has 18 heavy (non-hydrogen) atoms. The summed E-state index contributed by atoms with van der Waals surface area (Å²) in [6.45, 7) is 2.81. The van der Waals surface area contributed by atoms with Gasteiger partial charge in [0.25, 0.3) is 5.91 Å². The van der Waals surface area contributed by atoms with Gasteiger partial charge in [-0.25, -0.2) is 4.39 Å². The quantitative estimate of drug-likeness (QED) is 0.886. The number of likely N-dealkylation sites (tertiary alicyclic amines) is 1. The molecular formula is C13H16FNO3. The third-order valence-electron chi connectivity index (χ3n) is 2.94. The number of para-hydroxylation sites is 1. The molecule has 1 amide bonds. The smallest absolute Gasteiger partial charge is 0.257 e. The van der Waals surface area contributed by atoms with Crippen molar-refractivity contribution < 1.29 is 19.0 Å². The van der Waals surface area contributed by atoms with Crippen LogP contribution in [0.5, 0.6) is 5.75 Å². The molecule has 1 atom stereocenters. The van der Waals surface area contributed by atoms with Gasteiger partial charge in [-0.3, -0.25) is 4.79 Å². The highest BCUT2D eigenvalue weighted by molar-refractivity contribution is 5.97. The van der Waals surface area contributed by atoms with Crippen molar-refractivity contribution in [1.82, 2.24) is 4.90 Å². The molecule has 5 heteroatoms. The number of hydrogen-bond acceptors (Lipinski definition) is 3. The van der Waals surface area contributed by atoms with Crippen LogP contribution < -0.4 is 4.74 Å². The molecule has 0 unspecified atom stereocenters. The number of aliphatic hydroxyl groups excluding tert-OH is 1. The van der Waals surface area contributed by atoms with Gasteiger partial charge in [0.2, 0.25) is 0 Å². The molecule has 0 aliphatic carbocycles. The van der Waals surface area contributed by atoms with Crippen molar-refractivity contribution in [3.05, 3.63) is 29.6 Å². The first kappa shape index (κ1) is 12.8. The van der Waals surface area contributed by atoms with E-state index in [0.29, 0.717) is 26.1 Å². The van der Waals surface area contributed by atoms with E-state index in [0.717, 1.165) is 0 Å². The largest absolute Gasteiger partial charge is 0.490 e. The summed E-state index contributed by atoms with van der Waals surface area (Å²) in [5.74, 6) is -0.844. The van der Waals surface area contributed by atoms with Crippen molar-refractivity contribution in [2.24, 2.45) is 0 Å². The minimum atomic E-state index is -0.539. The number of ether oxygens (including phenoxy) is 1. The molecule has 1 saturated heterocycles. The minimum Gasteiger partial charge on any atom is -0.490 e. The second-order valence-corrected chi connectivity index (χ2v) is 4.24. The first-order valence-electron chi connectivity index (χ1n) is 6.02. The molecule has 4 nitrogen and oxygen atoms in total. The van der Waals surface area contributed by atoms with Crippen LogP contribution in [0.3, 0.4) is 0 Å². The van der Waals surface area contributed by atoms with Crippen LogP contribution >= 0.6 is 0 Å². The Morgan fingerprint density at radius 1 is 1.61 bits per heavy atom. The first-order valence-corrected chi connectivity index (χ1v) is 6.02. The van der Waals surface area contributed by atoms with E-state index >= 15 is 0 Å². The van der Waals surface area contributed by atoms with Crippen LogP contribution in [0.2, 0.25) is 0 Å². The van der Waals surface area contributed by atoms with E-state index in [-0.39, 0.29) is 17.2 Å². The number of amides is 1. The third-order valence-corrected chi connectivity index (χ3v) is 2.94. The van der Waals surface area contributed by atoms with Gasteiger partial charge in [0, 0.05) is 13.1 Å². The molecule has 0 bridgehead atoms. The van der Waals surface area contributed by atoms with Crippen LogP contribution in [0.25, 0.3) is 0 Å². The fraction of sp³-hybridized carbons (Fsp3) is 0.462. The van der Waals surface area contributed by atoms with Crippen LogP contribution in [-0.4, -0.2) is 41.7 Å². The first-order chi connectivity index (χ1) is 8.63. The second-order valence-electron chi connectivity index (χ2n) is 4.24. The van der Waals surface area contributed by atoms with E-state index in [2.05, 4.69) is 0 Å². The summed E-state index contributed by atoms with van der Waals surface area (Å²) in [6, 6.07) is 4.29. The summed E-state index contributed by atoms with van der Waals surface area (Å²) in [7, 11) is 0. The Labute approximate surface area is 105 Å². The maximum Gasteiger partial charge on any atom is 0.257 e. The number of benzene rings is 1. The molecule has 98 valence electrons. The van der Waals surface area contributed by atoms with Gasteiger partial charge in [-0.15, -0.1) is 0 Å². The van der Waals surface area contributed by atoms with E-state index in [1.54, 1.807) is 13.0 Å². The van der Waals surface area contributed by atoms with Gasteiger partial charge in [0.05, 0.1) is 18.3 Å². The third kappa shape index (κ3) is 2.46. The summed E-state index contributed by atoms with van der Waals surface area (Å²) >= 11 is 0. The lowest BCUT2D eigenvalue weighted by Crippen LogP contribution is -2.30. The minimum absolute atomic E-state index is 0.00797. The van der Waals surface area contributed by atoms with Gasteiger partial charge in [0.15, 0.2) is 11.6 Å². The van der Waals surface area contributed by atoms with Gasteiger partial charge in [-0.2, -0.15) is 0 Å². The Hall–Kier alpha value is -1.62. The Morgan fingerprint density at radius 3 is 3.00 bits per heavy atom. The lowest BCUT2D eigenvalue weighted by Gasteiger charge is -2.18. The zero-order valence-electron chi connectivity index (χ0n) is 10.2.